The van der Waals surface area contributed by atoms with Crippen LogP contribution in [0.25, 0.3) is 0 Å². The lowest BCUT2D eigenvalue weighted by Gasteiger charge is -2.33. The summed E-state index contributed by atoms with van der Waals surface area (Å²) in [6.45, 7) is 10.2. The molecule has 1 aromatic heterocycles. The molecule has 1 aromatic rings. The molecule has 0 radical (unpaired) electrons. The average molecular weight is 264 g/mol. The first kappa shape index (κ1) is 14.4. The third-order valence-corrected chi connectivity index (χ3v) is 4.05. The Bertz CT molecular complexity index is 377. The smallest absolute Gasteiger partial charge is 0.0728 e. The van der Waals surface area contributed by atoms with Crippen LogP contribution in [-0.2, 0) is 6.54 Å². The SMILES string of the molecule is CC(C)Cn1cc(NC(C)C2CCN(C)CC2)cn1. The van der Waals surface area contributed by atoms with E-state index in [0.29, 0.717) is 12.0 Å². The van der Waals surface area contributed by atoms with Gasteiger partial charge in [0.05, 0.1) is 11.9 Å². The summed E-state index contributed by atoms with van der Waals surface area (Å²) < 4.78 is 2.04. The zero-order chi connectivity index (χ0) is 13.8. The van der Waals surface area contributed by atoms with Crippen LogP contribution >= 0.6 is 0 Å². The van der Waals surface area contributed by atoms with E-state index >= 15 is 0 Å². The van der Waals surface area contributed by atoms with Gasteiger partial charge in [-0.3, -0.25) is 4.68 Å². The van der Waals surface area contributed by atoms with E-state index in [0.717, 1.165) is 18.2 Å². The number of aromatic nitrogens is 2. The maximum atomic E-state index is 4.41. The molecule has 4 nitrogen and oxygen atoms in total. The van der Waals surface area contributed by atoms with Crippen LogP contribution in [0.3, 0.4) is 0 Å². The molecule has 19 heavy (non-hydrogen) atoms. The summed E-state index contributed by atoms with van der Waals surface area (Å²) in [5.74, 6) is 1.42. The van der Waals surface area contributed by atoms with Crippen molar-refractivity contribution in [1.29, 1.82) is 0 Å². The second-order valence-electron chi connectivity index (χ2n) is 6.42. The summed E-state index contributed by atoms with van der Waals surface area (Å²) in [7, 11) is 2.21. The van der Waals surface area contributed by atoms with Gasteiger partial charge in [-0.05, 0) is 51.7 Å². The van der Waals surface area contributed by atoms with Crippen molar-refractivity contribution in [3.05, 3.63) is 12.4 Å². The van der Waals surface area contributed by atoms with Crippen molar-refractivity contribution in [2.45, 2.75) is 46.2 Å². The van der Waals surface area contributed by atoms with Gasteiger partial charge in [0.2, 0.25) is 0 Å². The van der Waals surface area contributed by atoms with E-state index in [4.69, 9.17) is 0 Å². The highest BCUT2D eigenvalue weighted by Crippen LogP contribution is 2.22. The molecule has 1 atom stereocenters. The number of rotatable bonds is 5. The Balaban J connectivity index is 1.84. The molecule has 1 aliphatic heterocycles. The number of nitrogens with zero attached hydrogens (tertiary/aromatic N) is 3. The largest absolute Gasteiger partial charge is 0.380 e. The van der Waals surface area contributed by atoms with Gasteiger partial charge in [0.1, 0.15) is 0 Å². The van der Waals surface area contributed by atoms with Crippen molar-refractivity contribution >= 4 is 5.69 Å². The van der Waals surface area contributed by atoms with Gasteiger partial charge in [-0.15, -0.1) is 0 Å². The predicted octanol–water partition coefficient (Wildman–Crippen LogP) is 2.68. The van der Waals surface area contributed by atoms with E-state index in [-0.39, 0.29) is 0 Å². The summed E-state index contributed by atoms with van der Waals surface area (Å²) in [6, 6.07) is 0.533. The minimum absolute atomic E-state index is 0.533. The van der Waals surface area contributed by atoms with Crippen LogP contribution < -0.4 is 5.32 Å². The van der Waals surface area contributed by atoms with E-state index in [1.165, 1.54) is 25.9 Å². The summed E-state index contributed by atoms with van der Waals surface area (Å²) in [6.07, 6.45) is 6.68. The minimum atomic E-state index is 0.533. The topological polar surface area (TPSA) is 33.1 Å². The molecular weight excluding hydrogens is 236 g/mol. The van der Waals surface area contributed by atoms with Crippen molar-refractivity contribution in [2.75, 3.05) is 25.5 Å². The van der Waals surface area contributed by atoms with Crippen LogP contribution in [0.1, 0.15) is 33.6 Å². The zero-order valence-electron chi connectivity index (χ0n) is 12.8. The molecule has 1 fully saturated rings. The molecule has 2 rings (SSSR count). The molecule has 1 unspecified atom stereocenters. The Morgan fingerprint density at radius 1 is 1.32 bits per heavy atom. The average Bonchev–Trinajstić information content (AvgIpc) is 2.76. The molecule has 0 aromatic carbocycles. The number of hydrogen-bond acceptors (Lipinski definition) is 3. The van der Waals surface area contributed by atoms with E-state index in [2.05, 4.69) is 49.3 Å². The van der Waals surface area contributed by atoms with Crippen molar-refractivity contribution in [1.82, 2.24) is 14.7 Å². The van der Waals surface area contributed by atoms with Gasteiger partial charge in [0.15, 0.2) is 0 Å². The van der Waals surface area contributed by atoms with Crippen molar-refractivity contribution in [3.63, 3.8) is 0 Å². The Morgan fingerprint density at radius 2 is 2.00 bits per heavy atom. The quantitative estimate of drug-likeness (QED) is 0.887. The molecule has 1 saturated heterocycles. The fourth-order valence-electron chi connectivity index (χ4n) is 2.82. The lowest BCUT2D eigenvalue weighted by Crippen LogP contribution is -2.37. The zero-order valence-corrected chi connectivity index (χ0v) is 12.8. The third-order valence-electron chi connectivity index (χ3n) is 4.05. The van der Waals surface area contributed by atoms with Crippen molar-refractivity contribution in [3.8, 4) is 0 Å². The standard InChI is InChI=1S/C15H28N4/c1-12(2)10-19-11-15(9-16-19)17-13(3)14-5-7-18(4)8-6-14/h9,11-14,17H,5-8,10H2,1-4H3. The van der Waals surface area contributed by atoms with E-state index in [1.807, 2.05) is 10.9 Å². The summed E-state index contributed by atoms with van der Waals surface area (Å²) >= 11 is 0. The molecule has 0 amide bonds. The maximum absolute atomic E-state index is 4.41. The highest BCUT2D eigenvalue weighted by Gasteiger charge is 2.22. The van der Waals surface area contributed by atoms with Gasteiger partial charge in [0.25, 0.3) is 0 Å². The maximum Gasteiger partial charge on any atom is 0.0728 e. The summed E-state index contributed by atoms with van der Waals surface area (Å²) in [5, 5.41) is 8.03. The Labute approximate surface area is 117 Å². The summed E-state index contributed by atoms with van der Waals surface area (Å²) in [5.41, 5.74) is 1.16. The van der Waals surface area contributed by atoms with Crippen LogP contribution in [-0.4, -0.2) is 40.9 Å². The molecule has 0 aliphatic carbocycles. The Kier molecular flexibility index (Phi) is 4.86. The minimum Gasteiger partial charge on any atom is -0.380 e. The lowest BCUT2D eigenvalue weighted by atomic mass is 9.90. The first-order chi connectivity index (χ1) is 9.04. The van der Waals surface area contributed by atoms with Crippen LogP contribution in [0.2, 0.25) is 0 Å². The van der Waals surface area contributed by atoms with Crippen LogP contribution in [0.15, 0.2) is 12.4 Å². The van der Waals surface area contributed by atoms with Crippen LogP contribution in [0.4, 0.5) is 5.69 Å². The molecule has 2 heterocycles. The van der Waals surface area contributed by atoms with Gasteiger partial charge in [-0.2, -0.15) is 5.10 Å². The first-order valence-corrected chi connectivity index (χ1v) is 7.52. The summed E-state index contributed by atoms with van der Waals surface area (Å²) in [4.78, 5) is 2.42. The number of piperidine rings is 1. The van der Waals surface area contributed by atoms with E-state index < -0.39 is 0 Å². The molecular formula is C15H28N4. The normalized spacial score (nSPS) is 19.8. The number of nitrogens with one attached hydrogen (secondary N) is 1. The third kappa shape index (κ3) is 4.23. The van der Waals surface area contributed by atoms with E-state index in [9.17, 15) is 0 Å². The van der Waals surface area contributed by atoms with Gasteiger partial charge in [0, 0.05) is 18.8 Å². The molecule has 0 saturated carbocycles. The first-order valence-electron chi connectivity index (χ1n) is 7.52. The fraction of sp³-hybridized carbons (Fsp3) is 0.800. The second-order valence-corrected chi connectivity index (χ2v) is 6.42. The Morgan fingerprint density at radius 3 is 2.63 bits per heavy atom. The highest BCUT2D eigenvalue weighted by atomic mass is 15.3. The van der Waals surface area contributed by atoms with Crippen molar-refractivity contribution in [2.24, 2.45) is 11.8 Å². The van der Waals surface area contributed by atoms with Crippen LogP contribution in [0, 0.1) is 11.8 Å². The number of likely N-dealkylation sites (tertiary alicyclic amines) is 1. The molecule has 0 bridgehead atoms. The molecule has 0 spiro atoms. The monoisotopic (exact) mass is 264 g/mol. The Hall–Kier alpha value is -1.03. The molecule has 108 valence electrons. The second kappa shape index (κ2) is 6.42. The molecule has 1 N–H and O–H groups in total. The molecule has 1 aliphatic rings. The van der Waals surface area contributed by atoms with E-state index in [1.54, 1.807) is 0 Å². The van der Waals surface area contributed by atoms with Gasteiger partial charge < -0.3 is 10.2 Å². The number of hydrogen-bond donors (Lipinski definition) is 1. The predicted molar refractivity (Wildman–Crippen MR) is 80.4 cm³/mol. The number of anilines is 1. The van der Waals surface area contributed by atoms with Crippen molar-refractivity contribution < 1.29 is 0 Å². The van der Waals surface area contributed by atoms with Gasteiger partial charge in [-0.1, -0.05) is 13.8 Å². The van der Waals surface area contributed by atoms with Gasteiger partial charge in [-0.25, -0.2) is 0 Å². The fourth-order valence-corrected chi connectivity index (χ4v) is 2.82. The highest BCUT2D eigenvalue weighted by molar-refractivity contribution is 5.39. The lowest BCUT2D eigenvalue weighted by molar-refractivity contribution is 0.208. The van der Waals surface area contributed by atoms with Gasteiger partial charge >= 0.3 is 0 Å². The van der Waals surface area contributed by atoms with Crippen LogP contribution in [0.5, 0.6) is 0 Å². The molecule has 4 heteroatoms.